The molecule has 0 aromatic heterocycles. The van der Waals surface area contributed by atoms with Gasteiger partial charge in [-0.05, 0) is 78.2 Å². The van der Waals surface area contributed by atoms with E-state index in [9.17, 15) is 0 Å². The fraction of sp³-hybridized carbons (Fsp3) is 1.00. The molecule has 3 heterocycles. The van der Waals surface area contributed by atoms with Gasteiger partial charge in [0.25, 0.3) is 0 Å². The summed E-state index contributed by atoms with van der Waals surface area (Å²) in [7, 11) is 2.30. The van der Waals surface area contributed by atoms with Crippen LogP contribution < -0.4 is 0 Å². The van der Waals surface area contributed by atoms with Crippen LogP contribution in [0.4, 0.5) is 0 Å². The van der Waals surface area contributed by atoms with E-state index in [0.717, 1.165) is 0 Å². The van der Waals surface area contributed by atoms with E-state index in [1.165, 1.54) is 91.1 Å². The molecule has 0 saturated carbocycles. The van der Waals surface area contributed by atoms with Crippen molar-refractivity contribution >= 4 is 0 Å². The van der Waals surface area contributed by atoms with E-state index in [0.29, 0.717) is 11.5 Å². The Morgan fingerprint density at radius 3 is 2.22 bits per heavy atom. The summed E-state index contributed by atoms with van der Waals surface area (Å²) in [6.07, 6.45) is 5.66. The first-order chi connectivity index (χ1) is 11.1. The Kier molecular flexibility index (Phi) is 6.00. The SMILES string of the molecule is CC(C)N1CCN(CCCN2CCC[C@@]3(CCN(C)C3)C2)CC1. The Balaban J connectivity index is 1.35. The van der Waals surface area contributed by atoms with Crippen LogP contribution in [-0.2, 0) is 0 Å². The molecule has 4 nitrogen and oxygen atoms in total. The molecule has 0 bridgehead atoms. The van der Waals surface area contributed by atoms with Crippen LogP contribution in [0.5, 0.6) is 0 Å². The minimum Gasteiger partial charge on any atom is -0.306 e. The monoisotopic (exact) mass is 322 g/mol. The van der Waals surface area contributed by atoms with Crippen molar-refractivity contribution in [2.45, 2.75) is 45.6 Å². The summed E-state index contributed by atoms with van der Waals surface area (Å²) in [5, 5.41) is 0. The van der Waals surface area contributed by atoms with Crippen LogP contribution in [0, 0.1) is 5.41 Å². The highest BCUT2D eigenvalue weighted by Gasteiger charge is 2.39. The first-order valence-corrected chi connectivity index (χ1v) is 9.94. The third-order valence-corrected chi connectivity index (χ3v) is 6.46. The molecular formula is C19H38N4. The third kappa shape index (κ3) is 4.68. The van der Waals surface area contributed by atoms with Crippen molar-refractivity contribution in [2.75, 3.05) is 72.5 Å². The van der Waals surface area contributed by atoms with Gasteiger partial charge in [-0.25, -0.2) is 0 Å². The van der Waals surface area contributed by atoms with E-state index in [1.807, 2.05) is 0 Å². The molecule has 0 aromatic carbocycles. The van der Waals surface area contributed by atoms with Crippen molar-refractivity contribution in [3.8, 4) is 0 Å². The first kappa shape index (κ1) is 17.7. The summed E-state index contributed by atoms with van der Waals surface area (Å²) >= 11 is 0. The molecule has 1 atom stereocenters. The van der Waals surface area contributed by atoms with Gasteiger partial charge in [0.1, 0.15) is 0 Å². The third-order valence-electron chi connectivity index (χ3n) is 6.46. The van der Waals surface area contributed by atoms with E-state index < -0.39 is 0 Å². The smallest absolute Gasteiger partial charge is 0.0113 e. The molecule has 3 aliphatic rings. The molecule has 1 spiro atoms. The van der Waals surface area contributed by atoms with Gasteiger partial charge < -0.3 is 14.7 Å². The predicted molar refractivity (Wildman–Crippen MR) is 98.0 cm³/mol. The summed E-state index contributed by atoms with van der Waals surface area (Å²) in [5.74, 6) is 0. The van der Waals surface area contributed by atoms with Gasteiger partial charge in [-0.1, -0.05) is 0 Å². The number of rotatable bonds is 5. The lowest BCUT2D eigenvalue weighted by Crippen LogP contribution is -2.49. The largest absolute Gasteiger partial charge is 0.306 e. The quantitative estimate of drug-likeness (QED) is 0.765. The van der Waals surface area contributed by atoms with E-state index in [2.05, 4.69) is 40.5 Å². The molecule has 3 saturated heterocycles. The highest BCUT2D eigenvalue weighted by molar-refractivity contribution is 4.94. The number of hydrogen-bond acceptors (Lipinski definition) is 4. The summed E-state index contributed by atoms with van der Waals surface area (Å²) in [4.78, 5) is 10.6. The van der Waals surface area contributed by atoms with E-state index in [-0.39, 0.29) is 0 Å². The Hall–Kier alpha value is -0.160. The molecule has 3 rings (SSSR count). The molecule has 134 valence electrons. The Labute approximate surface area is 143 Å². The summed E-state index contributed by atoms with van der Waals surface area (Å²) in [6, 6.07) is 0.714. The zero-order valence-electron chi connectivity index (χ0n) is 15.8. The fourth-order valence-electron chi connectivity index (χ4n) is 5.01. The minimum atomic E-state index is 0.635. The van der Waals surface area contributed by atoms with Gasteiger partial charge in [0.2, 0.25) is 0 Å². The van der Waals surface area contributed by atoms with Crippen LogP contribution in [0.1, 0.15) is 39.5 Å². The van der Waals surface area contributed by atoms with Gasteiger partial charge in [-0.2, -0.15) is 0 Å². The molecule has 0 radical (unpaired) electrons. The molecule has 4 heteroatoms. The van der Waals surface area contributed by atoms with Crippen LogP contribution in [0.15, 0.2) is 0 Å². The molecule has 3 fully saturated rings. The highest BCUT2D eigenvalue weighted by Crippen LogP contribution is 2.38. The van der Waals surface area contributed by atoms with Crippen molar-refractivity contribution in [3.63, 3.8) is 0 Å². The molecule has 0 unspecified atom stereocenters. The number of piperidine rings is 1. The maximum atomic E-state index is 2.77. The van der Waals surface area contributed by atoms with Crippen LogP contribution in [-0.4, -0.2) is 98.1 Å². The van der Waals surface area contributed by atoms with E-state index >= 15 is 0 Å². The Morgan fingerprint density at radius 2 is 1.57 bits per heavy atom. The number of piperazine rings is 1. The van der Waals surface area contributed by atoms with Crippen LogP contribution >= 0.6 is 0 Å². The fourth-order valence-corrected chi connectivity index (χ4v) is 5.01. The summed E-state index contributed by atoms with van der Waals surface area (Å²) in [5.41, 5.74) is 0.635. The average Bonchev–Trinajstić information content (AvgIpc) is 2.88. The molecule has 0 N–H and O–H groups in total. The Morgan fingerprint density at radius 1 is 0.826 bits per heavy atom. The number of hydrogen-bond donors (Lipinski definition) is 0. The van der Waals surface area contributed by atoms with Gasteiger partial charge in [0, 0.05) is 45.3 Å². The highest BCUT2D eigenvalue weighted by atomic mass is 15.3. The lowest BCUT2D eigenvalue weighted by molar-refractivity contribution is 0.0813. The lowest BCUT2D eigenvalue weighted by Gasteiger charge is -2.41. The van der Waals surface area contributed by atoms with Crippen LogP contribution in [0.2, 0.25) is 0 Å². The van der Waals surface area contributed by atoms with E-state index in [4.69, 9.17) is 0 Å². The summed E-state index contributed by atoms with van der Waals surface area (Å²) in [6.45, 7) is 17.7. The second-order valence-electron chi connectivity index (χ2n) is 8.69. The average molecular weight is 323 g/mol. The minimum absolute atomic E-state index is 0.635. The lowest BCUT2D eigenvalue weighted by atomic mass is 9.79. The maximum Gasteiger partial charge on any atom is 0.0113 e. The maximum absolute atomic E-state index is 2.77. The molecule has 0 aliphatic carbocycles. The van der Waals surface area contributed by atoms with Crippen molar-refractivity contribution in [2.24, 2.45) is 5.41 Å². The number of likely N-dealkylation sites (tertiary alicyclic amines) is 2. The van der Waals surface area contributed by atoms with Gasteiger partial charge in [-0.15, -0.1) is 0 Å². The molecule has 23 heavy (non-hydrogen) atoms. The van der Waals surface area contributed by atoms with Crippen molar-refractivity contribution in [3.05, 3.63) is 0 Å². The van der Waals surface area contributed by atoms with Crippen molar-refractivity contribution in [1.82, 2.24) is 19.6 Å². The summed E-state index contributed by atoms with van der Waals surface area (Å²) < 4.78 is 0. The number of nitrogens with zero attached hydrogens (tertiary/aromatic N) is 4. The second-order valence-corrected chi connectivity index (χ2v) is 8.69. The van der Waals surface area contributed by atoms with Gasteiger partial charge >= 0.3 is 0 Å². The van der Waals surface area contributed by atoms with Crippen LogP contribution in [0.3, 0.4) is 0 Å². The normalized spacial score (nSPS) is 32.3. The molecule has 0 amide bonds. The topological polar surface area (TPSA) is 13.0 Å². The predicted octanol–water partition coefficient (Wildman–Crippen LogP) is 1.82. The molecular weight excluding hydrogens is 284 g/mol. The molecule has 3 aliphatic heterocycles. The van der Waals surface area contributed by atoms with Crippen LogP contribution in [0.25, 0.3) is 0 Å². The zero-order chi connectivity index (χ0) is 16.3. The standard InChI is InChI=1S/C19H38N4/c1-18(2)23-14-12-21(13-15-23)9-5-10-22-8-4-6-19(17-22)7-11-20(3)16-19/h18H,4-17H2,1-3H3/t19-/m0/s1. The second kappa shape index (κ2) is 7.81. The Bertz CT molecular complexity index is 360. The van der Waals surface area contributed by atoms with Crippen molar-refractivity contribution < 1.29 is 0 Å². The van der Waals surface area contributed by atoms with Crippen molar-refractivity contribution in [1.29, 1.82) is 0 Å². The zero-order valence-corrected chi connectivity index (χ0v) is 15.8. The van der Waals surface area contributed by atoms with E-state index in [1.54, 1.807) is 0 Å². The van der Waals surface area contributed by atoms with Gasteiger partial charge in [-0.3, -0.25) is 4.90 Å². The molecule has 0 aromatic rings. The van der Waals surface area contributed by atoms with Gasteiger partial charge in [0.15, 0.2) is 0 Å². The van der Waals surface area contributed by atoms with Gasteiger partial charge in [0.05, 0.1) is 0 Å². The first-order valence-electron chi connectivity index (χ1n) is 9.94.